The van der Waals surface area contributed by atoms with Crippen molar-refractivity contribution >= 4 is 26.9 Å². The lowest BCUT2D eigenvalue weighted by Gasteiger charge is -2.34. The molecular formula is C22H30N2O4S. The van der Waals surface area contributed by atoms with Crippen LogP contribution >= 0.6 is 0 Å². The minimum atomic E-state index is -3.50. The second kappa shape index (κ2) is 7.76. The Morgan fingerprint density at radius 1 is 1.14 bits per heavy atom. The fourth-order valence-electron chi connectivity index (χ4n) is 4.67. The highest BCUT2D eigenvalue weighted by Gasteiger charge is 2.31. The number of furan rings is 1. The van der Waals surface area contributed by atoms with E-state index in [0.717, 1.165) is 25.7 Å². The molecule has 7 heteroatoms. The van der Waals surface area contributed by atoms with Gasteiger partial charge in [-0.2, -0.15) is 4.31 Å². The number of nitrogens with zero attached hydrogens (tertiary/aromatic N) is 1. The number of carbonyl (C=O) groups excluding carboxylic acids is 1. The molecule has 0 bridgehead atoms. The quantitative estimate of drug-likeness (QED) is 0.811. The minimum Gasteiger partial charge on any atom is -0.451 e. The van der Waals surface area contributed by atoms with E-state index in [1.807, 2.05) is 6.92 Å². The first-order chi connectivity index (χ1) is 13.8. The number of rotatable bonds is 4. The van der Waals surface area contributed by atoms with Crippen LogP contribution in [0.4, 0.5) is 0 Å². The maximum Gasteiger partial charge on any atom is 0.287 e. The summed E-state index contributed by atoms with van der Waals surface area (Å²) in [7, 11) is -3.50. The molecule has 0 radical (unpaired) electrons. The summed E-state index contributed by atoms with van der Waals surface area (Å²) < 4.78 is 33.1. The van der Waals surface area contributed by atoms with Crippen LogP contribution in [0.25, 0.3) is 11.0 Å². The third-order valence-electron chi connectivity index (χ3n) is 6.84. The van der Waals surface area contributed by atoms with E-state index in [2.05, 4.69) is 19.2 Å². The van der Waals surface area contributed by atoms with Crippen LogP contribution in [0.1, 0.15) is 62.1 Å². The SMILES string of the molecule is Cc1c(C(=O)N[C@@H]2CCC[C@@H](C)[C@@H]2C)oc2ccc(S(=O)(=O)N3CCCC3)cc12. The summed E-state index contributed by atoms with van der Waals surface area (Å²) in [4.78, 5) is 13.2. The second-order valence-electron chi connectivity index (χ2n) is 8.67. The zero-order valence-corrected chi connectivity index (χ0v) is 18.2. The Morgan fingerprint density at radius 3 is 2.59 bits per heavy atom. The predicted molar refractivity (Wildman–Crippen MR) is 112 cm³/mol. The van der Waals surface area contributed by atoms with Crippen molar-refractivity contribution in [2.24, 2.45) is 11.8 Å². The molecule has 1 saturated carbocycles. The smallest absolute Gasteiger partial charge is 0.287 e. The van der Waals surface area contributed by atoms with E-state index in [-0.39, 0.29) is 22.6 Å². The summed E-state index contributed by atoms with van der Waals surface area (Å²) in [5.74, 6) is 1.08. The number of sulfonamides is 1. The molecule has 4 rings (SSSR count). The Kier molecular flexibility index (Phi) is 5.46. The highest BCUT2D eigenvalue weighted by atomic mass is 32.2. The van der Waals surface area contributed by atoms with E-state index in [4.69, 9.17) is 4.42 Å². The minimum absolute atomic E-state index is 0.143. The predicted octanol–water partition coefficient (Wildman–Crippen LogP) is 4.08. The van der Waals surface area contributed by atoms with Gasteiger partial charge in [0.1, 0.15) is 5.58 Å². The first kappa shape index (κ1) is 20.4. The number of fused-ring (bicyclic) bond motifs is 1. The highest BCUT2D eigenvalue weighted by molar-refractivity contribution is 7.89. The summed E-state index contributed by atoms with van der Waals surface area (Å²) in [6, 6.07) is 5.02. The Bertz CT molecular complexity index is 1020. The third-order valence-corrected chi connectivity index (χ3v) is 8.73. The van der Waals surface area contributed by atoms with Gasteiger partial charge in [0.05, 0.1) is 4.90 Å². The van der Waals surface area contributed by atoms with E-state index in [0.29, 0.717) is 41.5 Å². The Labute approximate surface area is 172 Å². The lowest BCUT2D eigenvalue weighted by atomic mass is 9.78. The van der Waals surface area contributed by atoms with Gasteiger partial charge in [0.25, 0.3) is 5.91 Å². The molecule has 0 spiro atoms. The molecule has 1 saturated heterocycles. The molecule has 1 aliphatic heterocycles. The van der Waals surface area contributed by atoms with Crippen LogP contribution in [-0.2, 0) is 10.0 Å². The molecule has 2 heterocycles. The van der Waals surface area contributed by atoms with Gasteiger partial charge in [0.15, 0.2) is 5.76 Å². The molecule has 29 heavy (non-hydrogen) atoms. The van der Waals surface area contributed by atoms with Gasteiger partial charge in [-0.25, -0.2) is 8.42 Å². The van der Waals surface area contributed by atoms with Crippen LogP contribution in [0, 0.1) is 18.8 Å². The molecule has 1 aliphatic carbocycles. The van der Waals surface area contributed by atoms with Gasteiger partial charge in [-0.15, -0.1) is 0 Å². The molecule has 2 aromatic rings. The maximum atomic E-state index is 12.9. The van der Waals surface area contributed by atoms with E-state index < -0.39 is 10.0 Å². The first-order valence-electron chi connectivity index (χ1n) is 10.6. The van der Waals surface area contributed by atoms with Crippen molar-refractivity contribution in [1.29, 1.82) is 0 Å². The molecule has 1 amide bonds. The number of hydrogen-bond donors (Lipinski definition) is 1. The van der Waals surface area contributed by atoms with Gasteiger partial charge >= 0.3 is 0 Å². The molecule has 0 unspecified atom stereocenters. The molecule has 1 N–H and O–H groups in total. The van der Waals surface area contributed by atoms with Gasteiger partial charge in [-0.05, 0) is 56.2 Å². The lowest BCUT2D eigenvalue weighted by Crippen LogP contribution is -2.43. The standard InChI is InChI=1S/C22H30N2O4S/c1-14-7-6-8-19(15(14)2)23-22(25)21-16(3)18-13-17(9-10-20(18)28-21)29(26,27)24-11-4-5-12-24/h9-10,13-15,19H,4-8,11-12H2,1-3H3,(H,23,25)/t14-,15+,19-/m1/s1. The summed E-state index contributed by atoms with van der Waals surface area (Å²) in [6.07, 6.45) is 5.09. The number of aryl methyl sites for hydroxylation is 1. The monoisotopic (exact) mass is 418 g/mol. The van der Waals surface area contributed by atoms with Crippen molar-refractivity contribution in [3.63, 3.8) is 0 Å². The highest BCUT2D eigenvalue weighted by Crippen LogP contribution is 2.32. The topological polar surface area (TPSA) is 79.6 Å². The van der Waals surface area contributed by atoms with Gasteiger partial charge in [0.2, 0.25) is 10.0 Å². The molecule has 158 valence electrons. The van der Waals surface area contributed by atoms with Crippen LogP contribution in [0.15, 0.2) is 27.5 Å². The summed E-state index contributed by atoms with van der Waals surface area (Å²) in [6.45, 7) is 7.38. The number of amides is 1. The molecule has 1 aromatic heterocycles. The van der Waals surface area contributed by atoms with Crippen molar-refractivity contribution in [2.75, 3.05) is 13.1 Å². The van der Waals surface area contributed by atoms with Gasteiger partial charge < -0.3 is 9.73 Å². The third kappa shape index (κ3) is 3.70. The zero-order chi connectivity index (χ0) is 20.8. The number of hydrogen-bond acceptors (Lipinski definition) is 4. The van der Waals surface area contributed by atoms with Crippen LogP contribution < -0.4 is 5.32 Å². The molecule has 2 aliphatic rings. The molecular weight excluding hydrogens is 388 g/mol. The van der Waals surface area contributed by atoms with Crippen molar-refractivity contribution < 1.29 is 17.6 Å². The molecule has 1 aromatic carbocycles. The number of carbonyl (C=O) groups is 1. The lowest BCUT2D eigenvalue weighted by molar-refractivity contribution is 0.0864. The molecule has 2 fully saturated rings. The number of benzene rings is 1. The van der Waals surface area contributed by atoms with E-state index in [9.17, 15) is 13.2 Å². The van der Waals surface area contributed by atoms with Crippen molar-refractivity contribution in [3.05, 3.63) is 29.5 Å². The average molecular weight is 419 g/mol. The summed E-state index contributed by atoms with van der Waals surface area (Å²) in [5.41, 5.74) is 1.23. The average Bonchev–Trinajstić information content (AvgIpc) is 3.34. The van der Waals surface area contributed by atoms with Crippen LogP contribution in [-0.4, -0.2) is 37.8 Å². The van der Waals surface area contributed by atoms with E-state index >= 15 is 0 Å². The summed E-state index contributed by atoms with van der Waals surface area (Å²) >= 11 is 0. The molecule has 3 atom stereocenters. The van der Waals surface area contributed by atoms with Gasteiger partial charge in [-0.3, -0.25) is 4.79 Å². The van der Waals surface area contributed by atoms with Gasteiger partial charge in [0, 0.05) is 30.1 Å². The number of nitrogens with one attached hydrogen (secondary N) is 1. The fraction of sp³-hybridized carbons (Fsp3) is 0.591. The van der Waals surface area contributed by atoms with Crippen LogP contribution in [0.2, 0.25) is 0 Å². The summed E-state index contributed by atoms with van der Waals surface area (Å²) in [5, 5.41) is 3.83. The Balaban J connectivity index is 1.61. The van der Waals surface area contributed by atoms with E-state index in [1.165, 1.54) is 10.7 Å². The van der Waals surface area contributed by atoms with Crippen LogP contribution in [0.5, 0.6) is 0 Å². The second-order valence-corrected chi connectivity index (χ2v) is 10.6. The first-order valence-corrected chi connectivity index (χ1v) is 12.1. The maximum absolute atomic E-state index is 12.9. The Hall–Kier alpha value is -1.86. The van der Waals surface area contributed by atoms with Crippen LogP contribution in [0.3, 0.4) is 0 Å². The molecule has 6 nitrogen and oxygen atoms in total. The van der Waals surface area contributed by atoms with E-state index in [1.54, 1.807) is 18.2 Å². The van der Waals surface area contributed by atoms with Crippen molar-refractivity contribution in [2.45, 2.75) is 63.8 Å². The van der Waals surface area contributed by atoms with Gasteiger partial charge in [-0.1, -0.05) is 26.7 Å². The largest absolute Gasteiger partial charge is 0.451 e. The van der Waals surface area contributed by atoms with Crippen molar-refractivity contribution in [3.8, 4) is 0 Å². The normalized spacial score (nSPS) is 26.1. The zero-order valence-electron chi connectivity index (χ0n) is 17.4. The van der Waals surface area contributed by atoms with Crippen molar-refractivity contribution in [1.82, 2.24) is 9.62 Å². The Morgan fingerprint density at radius 2 is 1.86 bits per heavy atom. The fourth-order valence-corrected chi connectivity index (χ4v) is 6.22.